The zero-order chi connectivity index (χ0) is 40.8. The van der Waals surface area contributed by atoms with Gasteiger partial charge in [-0.2, -0.15) is 0 Å². The van der Waals surface area contributed by atoms with Crippen LogP contribution < -0.4 is 9.80 Å². The van der Waals surface area contributed by atoms with Gasteiger partial charge in [0.25, 0.3) is 0 Å². The van der Waals surface area contributed by atoms with Gasteiger partial charge in [-0.25, -0.2) is 0 Å². The Hall–Kier alpha value is -8.14. The van der Waals surface area contributed by atoms with Gasteiger partial charge in [0.05, 0.1) is 11.1 Å². The Kier molecular flexibility index (Phi) is 7.52. The second-order valence-corrected chi connectivity index (χ2v) is 16.4. The van der Waals surface area contributed by atoms with Gasteiger partial charge in [-0.05, 0) is 129 Å². The molecular formula is C59H38N2O. The first-order valence-electron chi connectivity index (χ1n) is 21.3. The minimum Gasteiger partial charge on any atom is -0.456 e. The average Bonchev–Trinajstić information content (AvgIpc) is 3.97. The summed E-state index contributed by atoms with van der Waals surface area (Å²) in [4.78, 5) is 4.86. The second kappa shape index (κ2) is 13.4. The SMILES string of the molecule is c1ccc(N(c2ccc3c(c2)-c2ccccc2C32c3ccccc3-c3c2c(N(c2ccccc2)c2ccccc2)cc2ccccc32)c2ccc3oc4ccccc4c3c2)cc1. The molecule has 290 valence electrons. The molecular weight excluding hydrogens is 753 g/mol. The molecule has 0 bridgehead atoms. The Bertz CT molecular complexity index is 3500. The van der Waals surface area contributed by atoms with E-state index in [9.17, 15) is 0 Å². The van der Waals surface area contributed by atoms with Gasteiger partial charge in [0.1, 0.15) is 11.2 Å². The standard InChI is InChI=1S/C59H38N2O/c1-4-19-40(20-5-1)60(44-33-35-56-50(38-44)47-27-14-17-31-55(47)62-56)43-32-34-53-49(37-43)46-26-12-15-29-51(46)59(53)52-30-16-13-28-48(52)57-45-25-11-10-18-39(45)36-54(58(57)59)61(41-21-6-2-7-22-41)42-23-8-3-9-24-42/h1-38H. The molecule has 0 N–H and O–H groups in total. The second-order valence-electron chi connectivity index (χ2n) is 16.4. The van der Waals surface area contributed by atoms with Gasteiger partial charge in [-0.1, -0.05) is 152 Å². The molecule has 0 saturated carbocycles. The lowest BCUT2D eigenvalue weighted by Crippen LogP contribution is -2.28. The predicted molar refractivity (Wildman–Crippen MR) is 257 cm³/mol. The summed E-state index contributed by atoms with van der Waals surface area (Å²) in [5.41, 5.74) is 18.1. The van der Waals surface area contributed by atoms with Crippen LogP contribution in [0.2, 0.25) is 0 Å². The van der Waals surface area contributed by atoms with Crippen LogP contribution in [0.25, 0.3) is 55.0 Å². The first-order chi connectivity index (χ1) is 30.8. The van der Waals surface area contributed by atoms with Crippen molar-refractivity contribution in [2.45, 2.75) is 5.41 Å². The van der Waals surface area contributed by atoms with E-state index in [1.54, 1.807) is 0 Å². The monoisotopic (exact) mass is 790 g/mol. The third-order valence-corrected chi connectivity index (χ3v) is 13.2. The summed E-state index contributed by atoms with van der Waals surface area (Å²) < 4.78 is 6.30. The van der Waals surface area contributed by atoms with E-state index >= 15 is 0 Å². The molecule has 13 rings (SSSR count). The van der Waals surface area contributed by atoms with E-state index < -0.39 is 5.41 Å². The van der Waals surface area contributed by atoms with Crippen molar-refractivity contribution in [1.29, 1.82) is 0 Å². The fourth-order valence-corrected chi connectivity index (χ4v) is 10.8. The third kappa shape index (κ3) is 4.88. The zero-order valence-electron chi connectivity index (χ0n) is 33.7. The van der Waals surface area contributed by atoms with Gasteiger partial charge in [-0.3, -0.25) is 0 Å². The molecule has 0 aliphatic heterocycles. The Morgan fingerprint density at radius 1 is 0.323 bits per heavy atom. The van der Waals surface area contributed by atoms with Crippen molar-refractivity contribution >= 4 is 66.8 Å². The molecule has 11 aromatic rings. The molecule has 3 nitrogen and oxygen atoms in total. The molecule has 1 aromatic heterocycles. The average molecular weight is 791 g/mol. The van der Waals surface area contributed by atoms with Gasteiger partial charge in [0, 0.05) is 44.8 Å². The summed E-state index contributed by atoms with van der Waals surface area (Å²) in [6.07, 6.45) is 0. The molecule has 0 radical (unpaired) electrons. The Morgan fingerprint density at radius 3 is 1.56 bits per heavy atom. The van der Waals surface area contributed by atoms with Gasteiger partial charge in [0.15, 0.2) is 0 Å². The van der Waals surface area contributed by atoms with E-state index in [1.165, 1.54) is 61.0 Å². The van der Waals surface area contributed by atoms with E-state index in [2.05, 4.69) is 228 Å². The molecule has 1 unspecified atom stereocenters. The molecule has 3 heteroatoms. The summed E-state index contributed by atoms with van der Waals surface area (Å²) in [5, 5.41) is 4.69. The smallest absolute Gasteiger partial charge is 0.135 e. The van der Waals surface area contributed by atoms with Crippen LogP contribution in [-0.2, 0) is 5.41 Å². The van der Waals surface area contributed by atoms with Crippen LogP contribution in [0, 0.1) is 0 Å². The highest BCUT2D eigenvalue weighted by molar-refractivity contribution is 6.11. The Morgan fingerprint density at radius 2 is 0.839 bits per heavy atom. The zero-order valence-corrected chi connectivity index (χ0v) is 33.7. The normalized spacial score (nSPS) is 14.5. The molecule has 1 heterocycles. The van der Waals surface area contributed by atoms with Crippen LogP contribution in [0.5, 0.6) is 0 Å². The van der Waals surface area contributed by atoms with Crippen LogP contribution in [0.3, 0.4) is 0 Å². The van der Waals surface area contributed by atoms with E-state index in [0.717, 1.165) is 50.4 Å². The minimum absolute atomic E-state index is 0.607. The number of para-hydroxylation sites is 4. The van der Waals surface area contributed by atoms with Gasteiger partial charge in [0.2, 0.25) is 0 Å². The number of anilines is 6. The largest absolute Gasteiger partial charge is 0.456 e. The van der Waals surface area contributed by atoms with Crippen molar-refractivity contribution in [3.8, 4) is 22.3 Å². The van der Waals surface area contributed by atoms with Crippen molar-refractivity contribution in [2.24, 2.45) is 0 Å². The third-order valence-electron chi connectivity index (χ3n) is 13.2. The maximum absolute atomic E-state index is 6.30. The van der Waals surface area contributed by atoms with Crippen LogP contribution >= 0.6 is 0 Å². The number of fused-ring (bicyclic) bond motifs is 15. The highest BCUT2D eigenvalue weighted by Gasteiger charge is 2.54. The molecule has 1 atom stereocenters. The summed E-state index contributed by atoms with van der Waals surface area (Å²) in [7, 11) is 0. The van der Waals surface area contributed by atoms with E-state index in [-0.39, 0.29) is 0 Å². The summed E-state index contributed by atoms with van der Waals surface area (Å²) >= 11 is 0. The maximum Gasteiger partial charge on any atom is 0.135 e. The molecule has 0 fully saturated rings. The molecule has 1 spiro atoms. The van der Waals surface area contributed by atoms with E-state index in [4.69, 9.17) is 4.42 Å². The highest BCUT2D eigenvalue weighted by atomic mass is 16.3. The van der Waals surface area contributed by atoms with Gasteiger partial charge < -0.3 is 14.2 Å². The quantitative estimate of drug-likeness (QED) is 0.167. The topological polar surface area (TPSA) is 19.6 Å². The molecule has 0 amide bonds. The lowest BCUT2D eigenvalue weighted by atomic mass is 9.69. The lowest BCUT2D eigenvalue weighted by Gasteiger charge is -2.36. The van der Waals surface area contributed by atoms with Gasteiger partial charge in [-0.15, -0.1) is 0 Å². The fraction of sp³-hybridized carbons (Fsp3) is 0.0169. The predicted octanol–water partition coefficient (Wildman–Crippen LogP) is 16.0. The molecule has 2 aliphatic rings. The Balaban J connectivity index is 1.11. The van der Waals surface area contributed by atoms with Gasteiger partial charge >= 0.3 is 0 Å². The number of rotatable bonds is 6. The lowest BCUT2D eigenvalue weighted by molar-refractivity contribution is 0.669. The van der Waals surface area contributed by atoms with E-state index in [1.807, 2.05) is 12.1 Å². The number of nitrogens with zero attached hydrogens (tertiary/aromatic N) is 2. The van der Waals surface area contributed by atoms with Crippen LogP contribution in [-0.4, -0.2) is 0 Å². The van der Waals surface area contributed by atoms with Crippen molar-refractivity contribution in [1.82, 2.24) is 0 Å². The fourth-order valence-electron chi connectivity index (χ4n) is 10.8. The first kappa shape index (κ1) is 34.7. The van der Waals surface area contributed by atoms with E-state index in [0.29, 0.717) is 0 Å². The number of furan rings is 1. The summed E-state index contributed by atoms with van der Waals surface area (Å²) in [6, 6.07) is 84.1. The first-order valence-corrected chi connectivity index (χ1v) is 21.3. The van der Waals surface area contributed by atoms with Crippen molar-refractivity contribution in [2.75, 3.05) is 9.80 Å². The number of hydrogen-bond acceptors (Lipinski definition) is 3. The van der Waals surface area contributed by atoms with Crippen molar-refractivity contribution in [3.63, 3.8) is 0 Å². The number of hydrogen-bond donors (Lipinski definition) is 0. The maximum atomic E-state index is 6.30. The molecule has 0 saturated heterocycles. The molecule has 10 aromatic carbocycles. The highest BCUT2D eigenvalue weighted by Crippen LogP contribution is 2.67. The summed E-state index contributed by atoms with van der Waals surface area (Å²) in [6.45, 7) is 0. The summed E-state index contributed by atoms with van der Waals surface area (Å²) in [5.74, 6) is 0. The number of benzene rings is 10. The molecule has 62 heavy (non-hydrogen) atoms. The minimum atomic E-state index is -0.607. The Labute approximate surface area is 360 Å². The molecule has 2 aliphatic carbocycles. The van der Waals surface area contributed by atoms with Crippen molar-refractivity contribution in [3.05, 3.63) is 253 Å². The van der Waals surface area contributed by atoms with Crippen molar-refractivity contribution < 1.29 is 4.42 Å². The van der Waals surface area contributed by atoms with Crippen LogP contribution in [0.1, 0.15) is 22.3 Å². The van der Waals surface area contributed by atoms with Crippen LogP contribution in [0.4, 0.5) is 34.1 Å². The van der Waals surface area contributed by atoms with Crippen LogP contribution in [0.15, 0.2) is 235 Å².